The number of carbonyl (C=O) groups excluding carboxylic acids is 1. The SMILES string of the molecule is O=C(Nc1ccc(F)cc1)C(c1ccccc1)N1CCC(O)CC1. The summed E-state index contributed by atoms with van der Waals surface area (Å²) in [5.74, 6) is -0.484. The van der Waals surface area contributed by atoms with Crippen molar-refractivity contribution in [2.24, 2.45) is 0 Å². The maximum absolute atomic E-state index is 13.0. The summed E-state index contributed by atoms with van der Waals surface area (Å²) in [5.41, 5.74) is 1.48. The number of likely N-dealkylation sites (tertiary alicyclic amines) is 1. The Morgan fingerprint density at radius 3 is 2.33 bits per heavy atom. The van der Waals surface area contributed by atoms with Crippen LogP contribution in [0.2, 0.25) is 0 Å². The Balaban J connectivity index is 1.81. The monoisotopic (exact) mass is 328 g/mol. The number of carbonyl (C=O) groups is 1. The lowest BCUT2D eigenvalue weighted by Gasteiger charge is -2.35. The number of anilines is 1. The highest BCUT2D eigenvalue weighted by atomic mass is 19.1. The molecular weight excluding hydrogens is 307 g/mol. The number of benzene rings is 2. The third kappa shape index (κ3) is 3.99. The minimum atomic E-state index is -0.427. The van der Waals surface area contributed by atoms with Crippen molar-refractivity contribution in [3.05, 3.63) is 66.0 Å². The molecule has 0 aliphatic carbocycles. The predicted molar refractivity (Wildman–Crippen MR) is 91.0 cm³/mol. The fraction of sp³-hybridized carbons (Fsp3) is 0.316. The average Bonchev–Trinajstić information content (AvgIpc) is 2.60. The van der Waals surface area contributed by atoms with Crippen LogP contribution in [0.4, 0.5) is 10.1 Å². The van der Waals surface area contributed by atoms with Gasteiger partial charge in [-0.25, -0.2) is 4.39 Å². The number of nitrogens with one attached hydrogen (secondary N) is 1. The molecule has 2 aromatic carbocycles. The molecule has 1 fully saturated rings. The number of hydrogen-bond donors (Lipinski definition) is 2. The fourth-order valence-electron chi connectivity index (χ4n) is 3.05. The van der Waals surface area contributed by atoms with E-state index in [1.807, 2.05) is 30.3 Å². The minimum Gasteiger partial charge on any atom is -0.393 e. The van der Waals surface area contributed by atoms with Gasteiger partial charge in [-0.2, -0.15) is 0 Å². The first kappa shape index (κ1) is 16.6. The minimum absolute atomic E-state index is 0.149. The van der Waals surface area contributed by atoms with Crippen molar-refractivity contribution in [3.63, 3.8) is 0 Å². The molecule has 4 nitrogen and oxygen atoms in total. The van der Waals surface area contributed by atoms with E-state index in [0.717, 1.165) is 5.56 Å². The molecule has 1 unspecified atom stereocenters. The van der Waals surface area contributed by atoms with Gasteiger partial charge in [-0.15, -0.1) is 0 Å². The largest absolute Gasteiger partial charge is 0.393 e. The number of amides is 1. The highest BCUT2D eigenvalue weighted by molar-refractivity contribution is 5.95. The Morgan fingerprint density at radius 1 is 1.08 bits per heavy atom. The van der Waals surface area contributed by atoms with Crippen molar-refractivity contribution in [1.82, 2.24) is 4.90 Å². The molecule has 1 aliphatic rings. The van der Waals surface area contributed by atoms with E-state index >= 15 is 0 Å². The molecule has 1 saturated heterocycles. The lowest BCUT2D eigenvalue weighted by Crippen LogP contribution is -2.43. The van der Waals surface area contributed by atoms with E-state index in [1.54, 1.807) is 12.1 Å². The zero-order valence-corrected chi connectivity index (χ0v) is 13.4. The summed E-state index contributed by atoms with van der Waals surface area (Å²) in [5, 5.41) is 12.6. The molecular formula is C19H21FN2O2. The lowest BCUT2D eigenvalue weighted by molar-refractivity contribution is -0.122. The van der Waals surface area contributed by atoms with Gasteiger partial charge in [0.1, 0.15) is 11.9 Å². The van der Waals surface area contributed by atoms with Crippen LogP contribution in [0, 0.1) is 5.82 Å². The number of aliphatic hydroxyl groups excluding tert-OH is 1. The highest BCUT2D eigenvalue weighted by Crippen LogP contribution is 2.26. The van der Waals surface area contributed by atoms with E-state index in [1.165, 1.54) is 12.1 Å². The second-order valence-corrected chi connectivity index (χ2v) is 6.08. The Kier molecular flexibility index (Phi) is 5.23. The smallest absolute Gasteiger partial charge is 0.246 e. The topological polar surface area (TPSA) is 52.6 Å². The first-order valence-corrected chi connectivity index (χ1v) is 8.17. The summed E-state index contributed by atoms with van der Waals surface area (Å²) in [6, 6.07) is 14.9. The van der Waals surface area contributed by atoms with Crippen molar-refractivity contribution in [2.75, 3.05) is 18.4 Å². The lowest BCUT2D eigenvalue weighted by atomic mass is 9.99. The molecule has 1 amide bonds. The van der Waals surface area contributed by atoms with Gasteiger partial charge in [-0.3, -0.25) is 9.69 Å². The van der Waals surface area contributed by atoms with Gasteiger partial charge in [0.15, 0.2) is 0 Å². The van der Waals surface area contributed by atoms with E-state index in [9.17, 15) is 14.3 Å². The van der Waals surface area contributed by atoms with Crippen molar-refractivity contribution in [1.29, 1.82) is 0 Å². The van der Waals surface area contributed by atoms with Gasteiger partial charge < -0.3 is 10.4 Å². The predicted octanol–water partition coefficient (Wildman–Crippen LogP) is 2.96. The molecule has 0 radical (unpaired) electrons. The van der Waals surface area contributed by atoms with Crippen LogP contribution >= 0.6 is 0 Å². The maximum atomic E-state index is 13.0. The second-order valence-electron chi connectivity index (χ2n) is 6.08. The van der Waals surface area contributed by atoms with Crippen molar-refractivity contribution >= 4 is 11.6 Å². The molecule has 5 heteroatoms. The Morgan fingerprint density at radius 2 is 1.71 bits per heavy atom. The molecule has 0 aromatic heterocycles. The van der Waals surface area contributed by atoms with Gasteiger partial charge in [0.25, 0.3) is 0 Å². The molecule has 0 spiro atoms. The quantitative estimate of drug-likeness (QED) is 0.907. The summed E-state index contributed by atoms with van der Waals surface area (Å²) >= 11 is 0. The van der Waals surface area contributed by atoms with Crippen molar-refractivity contribution < 1.29 is 14.3 Å². The van der Waals surface area contributed by atoms with Gasteiger partial charge in [0.2, 0.25) is 5.91 Å². The maximum Gasteiger partial charge on any atom is 0.246 e. The van der Waals surface area contributed by atoms with Crippen LogP contribution in [0.1, 0.15) is 24.4 Å². The Labute approximate surface area is 140 Å². The number of hydrogen-bond acceptors (Lipinski definition) is 3. The standard InChI is InChI=1S/C19H21FN2O2/c20-15-6-8-16(9-7-15)21-19(24)18(14-4-2-1-3-5-14)22-12-10-17(23)11-13-22/h1-9,17-18,23H,10-13H2,(H,21,24). The molecule has 0 saturated carbocycles. The molecule has 0 bridgehead atoms. The number of halogens is 1. The zero-order chi connectivity index (χ0) is 16.9. The molecule has 1 aliphatic heterocycles. The summed E-state index contributed by atoms with van der Waals surface area (Å²) < 4.78 is 13.0. The van der Waals surface area contributed by atoms with E-state index in [0.29, 0.717) is 31.6 Å². The number of rotatable bonds is 4. The van der Waals surface area contributed by atoms with Gasteiger partial charge in [0.05, 0.1) is 6.10 Å². The number of piperidine rings is 1. The van der Waals surface area contributed by atoms with E-state index in [-0.39, 0.29) is 17.8 Å². The van der Waals surface area contributed by atoms with Crippen LogP contribution in [-0.2, 0) is 4.79 Å². The third-order valence-electron chi connectivity index (χ3n) is 4.34. The second kappa shape index (κ2) is 7.55. The van der Waals surface area contributed by atoms with E-state index in [4.69, 9.17) is 0 Å². The van der Waals surface area contributed by atoms with Gasteiger partial charge in [0, 0.05) is 18.8 Å². The van der Waals surface area contributed by atoms with Crippen LogP contribution in [0.3, 0.4) is 0 Å². The van der Waals surface area contributed by atoms with Crippen LogP contribution in [0.15, 0.2) is 54.6 Å². The summed E-state index contributed by atoms with van der Waals surface area (Å²) in [6.45, 7) is 1.33. The number of aliphatic hydroxyl groups is 1. The van der Waals surface area contributed by atoms with Gasteiger partial charge in [-0.05, 0) is 42.7 Å². The molecule has 1 heterocycles. The third-order valence-corrected chi connectivity index (χ3v) is 4.34. The molecule has 1 atom stereocenters. The average molecular weight is 328 g/mol. The zero-order valence-electron chi connectivity index (χ0n) is 13.4. The normalized spacial score (nSPS) is 17.4. The first-order valence-electron chi connectivity index (χ1n) is 8.17. The Bertz CT molecular complexity index is 668. The Hall–Kier alpha value is -2.24. The fourth-order valence-corrected chi connectivity index (χ4v) is 3.05. The van der Waals surface area contributed by atoms with Crippen LogP contribution in [0.25, 0.3) is 0 Å². The summed E-state index contributed by atoms with van der Waals surface area (Å²) in [4.78, 5) is 15.0. The highest BCUT2D eigenvalue weighted by Gasteiger charge is 2.30. The number of nitrogens with zero attached hydrogens (tertiary/aromatic N) is 1. The molecule has 126 valence electrons. The van der Waals surface area contributed by atoms with Crippen molar-refractivity contribution in [3.8, 4) is 0 Å². The van der Waals surface area contributed by atoms with E-state index < -0.39 is 6.04 Å². The molecule has 2 aromatic rings. The van der Waals surface area contributed by atoms with Gasteiger partial charge >= 0.3 is 0 Å². The van der Waals surface area contributed by atoms with Crippen molar-refractivity contribution in [2.45, 2.75) is 25.0 Å². The van der Waals surface area contributed by atoms with Crippen LogP contribution < -0.4 is 5.32 Å². The van der Waals surface area contributed by atoms with E-state index in [2.05, 4.69) is 10.2 Å². The summed E-state index contributed by atoms with van der Waals surface area (Å²) in [6.07, 6.45) is 1.03. The van der Waals surface area contributed by atoms with Gasteiger partial charge in [-0.1, -0.05) is 30.3 Å². The molecule has 3 rings (SSSR count). The first-order chi connectivity index (χ1) is 11.6. The van der Waals surface area contributed by atoms with Crippen LogP contribution in [-0.4, -0.2) is 35.1 Å². The summed E-state index contributed by atoms with van der Waals surface area (Å²) in [7, 11) is 0. The molecule has 2 N–H and O–H groups in total. The molecule has 24 heavy (non-hydrogen) atoms. The van der Waals surface area contributed by atoms with Crippen LogP contribution in [0.5, 0.6) is 0 Å².